The number of aliphatic carboxylic acids is 1. The monoisotopic (exact) mass is 492 g/mol. The normalized spacial score (nSPS) is 11.9. The van der Waals surface area contributed by atoms with E-state index >= 15 is 0 Å². The molecule has 35 heavy (non-hydrogen) atoms. The summed E-state index contributed by atoms with van der Waals surface area (Å²) in [6.45, 7) is 0.484. The zero-order valence-electron chi connectivity index (χ0n) is 19.2. The van der Waals surface area contributed by atoms with E-state index in [1.54, 1.807) is 19.2 Å². The minimum absolute atomic E-state index is 0.0125. The summed E-state index contributed by atoms with van der Waals surface area (Å²) in [4.78, 5) is 37.2. The van der Waals surface area contributed by atoms with Crippen molar-refractivity contribution in [3.05, 3.63) is 88.4 Å². The third kappa shape index (κ3) is 5.46. The lowest BCUT2D eigenvalue weighted by Crippen LogP contribution is -2.28. The van der Waals surface area contributed by atoms with Crippen molar-refractivity contribution in [1.29, 1.82) is 0 Å². The van der Waals surface area contributed by atoms with E-state index in [0.717, 1.165) is 22.3 Å². The number of carboxylic acids is 1. The van der Waals surface area contributed by atoms with E-state index in [1.165, 1.54) is 11.0 Å². The van der Waals surface area contributed by atoms with Crippen LogP contribution in [0.4, 0.5) is 10.5 Å². The van der Waals surface area contributed by atoms with Gasteiger partial charge >= 0.3 is 12.1 Å². The number of carboxylic acid groups (broad SMARTS) is 1. The summed E-state index contributed by atoms with van der Waals surface area (Å²) in [6.07, 6.45) is -0.299. The molecule has 0 saturated carbocycles. The van der Waals surface area contributed by atoms with Crippen molar-refractivity contribution in [1.82, 2.24) is 4.90 Å². The minimum atomic E-state index is -0.905. The summed E-state index contributed by atoms with van der Waals surface area (Å²) < 4.78 is 5.55. The molecule has 3 aromatic rings. The Morgan fingerprint density at radius 2 is 1.63 bits per heavy atom. The molecule has 7 nitrogen and oxygen atoms in total. The third-order valence-electron chi connectivity index (χ3n) is 6.03. The maximum Gasteiger partial charge on any atom is 0.411 e. The molecule has 180 valence electrons. The molecular weight excluding hydrogens is 468 g/mol. The number of carbonyl (C=O) groups is 3. The summed E-state index contributed by atoms with van der Waals surface area (Å²) in [7, 11) is 1.60. The van der Waals surface area contributed by atoms with Crippen LogP contribution < -0.4 is 5.32 Å². The number of amides is 2. The van der Waals surface area contributed by atoms with Crippen molar-refractivity contribution < 1.29 is 24.2 Å². The Morgan fingerprint density at radius 3 is 2.23 bits per heavy atom. The smallest absolute Gasteiger partial charge is 0.411 e. The highest BCUT2D eigenvalue weighted by atomic mass is 35.5. The van der Waals surface area contributed by atoms with Gasteiger partial charge in [-0.1, -0.05) is 60.1 Å². The van der Waals surface area contributed by atoms with Gasteiger partial charge in [0.25, 0.3) is 5.91 Å². The van der Waals surface area contributed by atoms with Gasteiger partial charge in [0, 0.05) is 31.5 Å². The van der Waals surface area contributed by atoms with Crippen LogP contribution in [0.3, 0.4) is 0 Å². The zero-order chi connectivity index (χ0) is 24.9. The summed E-state index contributed by atoms with van der Waals surface area (Å²) in [5.41, 5.74) is 5.20. The Balaban J connectivity index is 1.37. The minimum Gasteiger partial charge on any atom is -0.481 e. The molecule has 0 aliphatic heterocycles. The van der Waals surface area contributed by atoms with Crippen LogP contribution in [0.2, 0.25) is 5.02 Å². The second-order valence-electron chi connectivity index (χ2n) is 8.37. The molecule has 3 aromatic carbocycles. The molecule has 0 saturated heterocycles. The highest BCUT2D eigenvalue weighted by Gasteiger charge is 2.29. The molecule has 0 radical (unpaired) electrons. The number of nitrogens with zero attached hydrogens (tertiary/aromatic N) is 1. The Hall–Kier alpha value is -3.84. The predicted octanol–water partition coefficient (Wildman–Crippen LogP) is 5.64. The first-order valence-corrected chi connectivity index (χ1v) is 11.6. The van der Waals surface area contributed by atoms with Crippen LogP contribution in [-0.2, 0) is 9.53 Å². The van der Waals surface area contributed by atoms with E-state index in [-0.39, 0.29) is 29.9 Å². The predicted molar refractivity (Wildman–Crippen MR) is 134 cm³/mol. The second-order valence-corrected chi connectivity index (χ2v) is 8.78. The number of nitrogens with one attached hydrogen (secondary N) is 1. The summed E-state index contributed by atoms with van der Waals surface area (Å²) in [5, 5.41) is 11.6. The van der Waals surface area contributed by atoms with Crippen molar-refractivity contribution >= 4 is 35.3 Å². The van der Waals surface area contributed by atoms with Gasteiger partial charge in [0.1, 0.15) is 6.61 Å². The first-order valence-electron chi connectivity index (χ1n) is 11.2. The highest BCUT2D eigenvalue weighted by molar-refractivity contribution is 6.34. The van der Waals surface area contributed by atoms with Crippen molar-refractivity contribution in [2.75, 3.05) is 25.5 Å². The molecule has 0 atom stereocenters. The van der Waals surface area contributed by atoms with E-state index in [2.05, 4.69) is 17.4 Å². The van der Waals surface area contributed by atoms with Gasteiger partial charge in [0.2, 0.25) is 0 Å². The molecule has 0 bridgehead atoms. The fourth-order valence-electron chi connectivity index (χ4n) is 4.28. The Labute approximate surface area is 208 Å². The van der Waals surface area contributed by atoms with E-state index in [9.17, 15) is 14.4 Å². The molecule has 0 spiro atoms. The van der Waals surface area contributed by atoms with Crippen LogP contribution >= 0.6 is 11.6 Å². The maximum absolute atomic E-state index is 12.6. The van der Waals surface area contributed by atoms with E-state index in [4.69, 9.17) is 21.4 Å². The Bertz CT molecular complexity index is 1230. The second kappa shape index (κ2) is 10.6. The number of benzene rings is 3. The standard InChI is InChI=1S/C27H25ClN2O5/c1-30(14-6-11-25(31)32)26(33)17-12-13-24(23(28)15-17)29-27(34)35-16-22-20-9-4-2-7-18(20)19-8-3-5-10-21(19)22/h2-5,7-10,12-13,15,22H,6,11,14,16H2,1H3,(H,29,34)(H,31,32). The van der Waals surface area contributed by atoms with Gasteiger partial charge in [-0.15, -0.1) is 0 Å². The number of rotatable bonds is 8. The first-order chi connectivity index (χ1) is 16.8. The topological polar surface area (TPSA) is 95.9 Å². The highest BCUT2D eigenvalue weighted by Crippen LogP contribution is 2.44. The Morgan fingerprint density at radius 1 is 1.00 bits per heavy atom. The zero-order valence-corrected chi connectivity index (χ0v) is 19.9. The van der Waals surface area contributed by atoms with Gasteiger partial charge in [0.05, 0.1) is 10.7 Å². The number of anilines is 1. The van der Waals surface area contributed by atoms with Crippen LogP contribution in [0, 0.1) is 0 Å². The lowest BCUT2D eigenvalue weighted by atomic mass is 9.98. The van der Waals surface area contributed by atoms with E-state index in [1.807, 2.05) is 36.4 Å². The number of halogens is 1. The molecule has 0 aromatic heterocycles. The number of ether oxygens (including phenoxy) is 1. The molecule has 0 heterocycles. The average Bonchev–Trinajstić information content (AvgIpc) is 3.17. The fraction of sp³-hybridized carbons (Fsp3) is 0.222. The van der Waals surface area contributed by atoms with Gasteiger partial charge in [-0.05, 0) is 46.9 Å². The van der Waals surface area contributed by atoms with Gasteiger partial charge < -0.3 is 14.7 Å². The molecular formula is C27H25ClN2O5. The molecule has 2 amide bonds. The summed E-state index contributed by atoms with van der Waals surface area (Å²) in [6, 6.07) is 20.7. The molecule has 4 rings (SSSR count). The van der Waals surface area contributed by atoms with Crippen molar-refractivity contribution in [2.45, 2.75) is 18.8 Å². The van der Waals surface area contributed by atoms with Crippen LogP contribution in [0.25, 0.3) is 11.1 Å². The number of hydrogen-bond donors (Lipinski definition) is 2. The van der Waals surface area contributed by atoms with Crippen molar-refractivity contribution in [3.63, 3.8) is 0 Å². The van der Waals surface area contributed by atoms with Crippen LogP contribution in [0.5, 0.6) is 0 Å². The van der Waals surface area contributed by atoms with E-state index < -0.39 is 12.1 Å². The SMILES string of the molecule is CN(CCCC(=O)O)C(=O)c1ccc(NC(=O)OCC2c3ccccc3-c3ccccc32)c(Cl)c1. The lowest BCUT2D eigenvalue weighted by molar-refractivity contribution is -0.137. The number of carbonyl (C=O) groups excluding carboxylic acids is 2. The van der Waals surface area contributed by atoms with Crippen molar-refractivity contribution in [3.8, 4) is 11.1 Å². The van der Waals surface area contributed by atoms with Gasteiger partial charge in [-0.25, -0.2) is 4.79 Å². The fourth-order valence-corrected chi connectivity index (χ4v) is 4.51. The Kier molecular flexibility index (Phi) is 7.36. The van der Waals surface area contributed by atoms with Crippen molar-refractivity contribution in [2.24, 2.45) is 0 Å². The summed E-state index contributed by atoms with van der Waals surface area (Å²) >= 11 is 6.31. The van der Waals surface area contributed by atoms with Gasteiger partial charge in [0.15, 0.2) is 0 Å². The van der Waals surface area contributed by atoms with E-state index in [0.29, 0.717) is 24.2 Å². The first kappa shape index (κ1) is 24.3. The molecule has 0 fully saturated rings. The van der Waals surface area contributed by atoms with Gasteiger partial charge in [-0.2, -0.15) is 0 Å². The van der Waals surface area contributed by atoms with Gasteiger partial charge in [-0.3, -0.25) is 14.9 Å². The lowest BCUT2D eigenvalue weighted by Gasteiger charge is -2.18. The molecule has 8 heteroatoms. The van der Waals surface area contributed by atoms with Crippen LogP contribution in [0.1, 0.15) is 40.2 Å². The van der Waals surface area contributed by atoms with Crippen LogP contribution in [-0.4, -0.2) is 48.2 Å². The summed E-state index contributed by atoms with van der Waals surface area (Å²) in [5.74, 6) is -1.25. The third-order valence-corrected chi connectivity index (χ3v) is 6.34. The largest absolute Gasteiger partial charge is 0.481 e. The molecule has 2 N–H and O–H groups in total. The number of fused-ring (bicyclic) bond motifs is 3. The molecule has 0 unspecified atom stereocenters. The van der Waals surface area contributed by atoms with Crippen LogP contribution in [0.15, 0.2) is 66.7 Å². The molecule has 1 aliphatic carbocycles. The quantitative estimate of drug-likeness (QED) is 0.424. The number of hydrogen-bond acceptors (Lipinski definition) is 4. The molecule has 1 aliphatic rings. The average molecular weight is 493 g/mol. The maximum atomic E-state index is 12.6.